The molecule has 2 heterocycles. The van der Waals surface area contributed by atoms with Crippen LogP contribution in [-0.4, -0.2) is 19.5 Å². The average molecular weight is 687 g/mol. The minimum atomic E-state index is -0.498. The highest BCUT2D eigenvalue weighted by molar-refractivity contribution is 6.21. The predicted molar refractivity (Wildman–Crippen MR) is 219 cm³/mol. The fourth-order valence-electron chi connectivity index (χ4n) is 9.59. The molecule has 0 saturated heterocycles. The molecule has 0 amide bonds. The second-order valence-corrected chi connectivity index (χ2v) is 14.3. The van der Waals surface area contributed by atoms with E-state index in [9.17, 15) is 0 Å². The van der Waals surface area contributed by atoms with E-state index in [2.05, 4.69) is 150 Å². The van der Waals surface area contributed by atoms with Crippen LogP contribution in [0.3, 0.4) is 0 Å². The largest absolute Gasteiger partial charge is 0.278 e. The highest BCUT2D eigenvalue weighted by atomic mass is 15.2. The van der Waals surface area contributed by atoms with Crippen molar-refractivity contribution in [3.63, 3.8) is 0 Å². The number of rotatable bonds is 3. The lowest BCUT2D eigenvalue weighted by Crippen LogP contribution is -2.31. The Morgan fingerprint density at radius 2 is 0.926 bits per heavy atom. The molecule has 0 unspecified atom stereocenters. The highest BCUT2D eigenvalue weighted by Gasteiger charge is 2.50. The molecule has 8 aromatic carbocycles. The number of aromatic nitrogens is 4. The van der Waals surface area contributed by atoms with Crippen LogP contribution in [0.5, 0.6) is 0 Å². The smallest absolute Gasteiger partial charge is 0.238 e. The van der Waals surface area contributed by atoms with E-state index >= 15 is 0 Å². The van der Waals surface area contributed by atoms with Crippen molar-refractivity contribution in [2.75, 3.05) is 0 Å². The van der Waals surface area contributed by atoms with E-state index in [1.165, 1.54) is 66.1 Å². The first-order valence-electron chi connectivity index (χ1n) is 18.5. The molecule has 0 atom stereocenters. The molecular formula is C50H30N4. The van der Waals surface area contributed by atoms with E-state index in [0.717, 1.165) is 22.2 Å². The molecule has 0 saturated carbocycles. The third-order valence-electron chi connectivity index (χ3n) is 11.7. The lowest BCUT2D eigenvalue weighted by atomic mass is 9.61. The van der Waals surface area contributed by atoms with Gasteiger partial charge in [0, 0.05) is 21.9 Å². The SMILES string of the molecule is c1ccc(-c2nc(-c3ccccc3)nc(-n3c4ccccc4c4c5c(ccc43)C3(c4ccccc4-c4ccccc43)c3cccc4cccc-5c34)n2)cc1. The molecule has 2 aliphatic carbocycles. The van der Waals surface area contributed by atoms with Crippen molar-refractivity contribution in [3.05, 3.63) is 204 Å². The Hall–Kier alpha value is -7.17. The Kier molecular flexibility index (Phi) is 5.95. The van der Waals surface area contributed by atoms with Gasteiger partial charge in [0.2, 0.25) is 5.95 Å². The van der Waals surface area contributed by atoms with Gasteiger partial charge in [0.15, 0.2) is 11.6 Å². The summed E-state index contributed by atoms with van der Waals surface area (Å²) >= 11 is 0. The van der Waals surface area contributed by atoms with Crippen molar-refractivity contribution in [1.82, 2.24) is 19.5 Å². The molecule has 0 bridgehead atoms. The molecular weight excluding hydrogens is 657 g/mol. The van der Waals surface area contributed by atoms with Gasteiger partial charge in [-0.05, 0) is 67.4 Å². The van der Waals surface area contributed by atoms with E-state index in [0.29, 0.717) is 17.6 Å². The summed E-state index contributed by atoms with van der Waals surface area (Å²) in [6, 6.07) is 65.5. The summed E-state index contributed by atoms with van der Waals surface area (Å²) in [5, 5.41) is 4.92. The summed E-state index contributed by atoms with van der Waals surface area (Å²) in [6.45, 7) is 0. The van der Waals surface area contributed by atoms with Gasteiger partial charge in [0.25, 0.3) is 0 Å². The minimum Gasteiger partial charge on any atom is -0.278 e. The van der Waals surface area contributed by atoms with Gasteiger partial charge in [-0.25, -0.2) is 4.98 Å². The Balaban J connectivity index is 1.25. The predicted octanol–water partition coefficient (Wildman–Crippen LogP) is 11.8. The molecule has 0 aliphatic heterocycles. The van der Waals surface area contributed by atoms with Gasteiger partial charge in [-0.2, -0.15) is 9.97 Å². The molecule has 10 aromatic rings. The Morgan fingerprint density at radius 3 is 1.61 bits per heavy atom. The van der Waals surface area contributed by atoms with Gasteiger partial charge in [0.1, 0.15) is 0 Å². The first-order valence-corrected chi connectivity index (χ1v) is 18.5. The summed E-state index contributed by atoms with van der Waals surface area (Å²) in [4.78, 5) is 15.5. The molecule has 4 nitrogen and oxygen atoms in total. The van der Waals surface area contributed by atoms with E-state index in [1.54, 1.807) is 0 Å². The number of hydrogen-bond donors (Lipinski definition) is 0. The fourth-order valence-corrected chi connectivity index (χ4v) is 9.59. The van der Waals surface area contributed by atoms with Crippen molar-refractivity contribution in [1.29, 1.82) is 0 Å². The van der Waals surface area contributed by atoms with Crippen LogP contribution in [-0.2, 0) is 5.41 Å². The number of fused-ring (bicyclic) bond motifs is 13. The Labute approximate surface area is 311 Å². The average Bonchev–Trinajstić information content (AvgIpc) is 3.74. The highest BCUT2D eigenvalue weighted by Crippen LogP contribution is 2.63. The van der Waals surface area contributed by atoms with Crippen molar-refractivity contribution >= 4 is 32.6 Å². The summed E-state index contributed by atoms with van der Waals surface area (Å²) < 4.78 is 2.25. The summed E-state index contributed by atoms with van der Waals surface area (Å²) in [6.07, 6.45) is 0. The lowest BCUT2D eigenvalue weighted by Gasteiger charge is -2.40. The molecule has 0 radical (unpaired) electrons. The summed E-state index contributed by atoms with van der Waals surface area (Å²) in [5.41, 5.74) is 13.9. The van der Waals surface area contributed by atoms with E-state index in [4.69, 9.17) is 15.0 Å². The van der Waals surface area contributed by atoms with Crippen LogP contribution in [0.15, 0.2) is 182 Å². The van der Waals surface area contributed by atoms with Gasteiger partial charge in [0.05, 0.1) is 16.4 Å². The van der Waals surface area contributed by atoms with Crippen LogP contribution in [0, 0.1) is 0 Å². The fraction of sp³-hybridized carbons (Fsp3) is 0.0200. The van der Waals surface area contributed by atoms with E-state index < -0.39 is 5.41 Å². The first-order chi connectivity index (χ1) is 26.8. The third-order valence-corrected chi connectivity index (χ3v) is 11.7. The van der Waals surface area contributed by atoms with Crippen LogP contribution in [0.4, 0.5) is 0 Å². The molecule has 12 rings (SSSR count). The van der Waals surface area contributed by atoms with Gasteiger partial charge < -0.3 is 0 Å². The second-order valence-electron chi connectivity index (χ2n) is 14.3. The van der Waals surface area contributed by atoms with Crippen molar-refractivity contribution < 1.29 is 0 Å². The molecule has 0 fully saturated rings. The zero-order valence-electron chi connectivity index (χ0n) is 29.1. The van der Waals surface area contributed by atoms with Gasteiger partial charge in [-0.1, -0.05) is 170 Å². The molecule has 250 valence electrons. The zero-order valence-corrected chi connectivity index (χ0v) is 29.1. The van der Waals surface area contributed by atoms with Crippen LogP contribution in [0.1, 0.15) is 22.3 Å². The number of benzene rings is 8. The van der Waals surface area contributed by atoms with Crippen molar-refractivity contribution in [2.45, 2.75) is 5.41 Å². The third kappa shape index (κ3) is 3.79. The molecule has 4 heteroatoms. The Morgan fingerprint density at radius 1 is 0.370 bits per heavy atom. The topological polar surface area (TPSA) is 43.6 Å². The number of nitrogens with zero attached hydrogens (tertiary/aromatic N) is 4. The second kappa shape index (κ2) is 10.9. The summed E-state index contributed by atoms with van der Waals surface area (Å²) in [7, 11) is 0. The standard InChI is InChI=1S/C50H30N4/c1-3-15-32(16-4-1)47-51-48(33-17-5-2-6-18-33)53-49(52-47)54-42-28-12-9-23-36(42)46-43(54)30-29-41-45(46)37-24-13-19-31-20-14-27-40(44(31)37)50(41)38-25-10-7-21-34(38)35-22-8-11-26-39(35)50/h1-30H. The maximum Gasteiger partial charge on any atom is 0.238 e. The van der Waals surface area contributed by atoms with Gasteiger partial charge in [-0.3, -0.25) is 4.57 Å². The minimum absolute atomic E-state index is 0.498. The maximum absolute atomic E-state index is 5.23. The monoisotopic (exact) mass is 686 g/mol. The maximum atomic E-state index is 5.23. The zero-order chi connectivity index (χ0) is 35.4. The van der Waals surface area contributed by atoms with Crippen molar-refractivity contribution in [2.24, 2.45) is 0 Å². The molecule has 0 N–H and O–H groups in total. The van der Waals surface area contributed by atoms with Gasteiger partial charge in [-0.15, -0.1) is 0 Å². The number of hydrogen-bond acceptors (Lipinski definition) is 3. The van der Waals surface area contributed by atoms with Crippen LogP contribution in [0.25, 0.3) is 83.6 Å². The van der Waals surface area contributed by atoms with Crippen LogP contribution >= 0.6 is 0 Å². The van der Waals surface area contributed by atoms with Crippen LogP contribution in [0.2, 0.25) is 0 Å². The first kappa shape index (κ1) is 29.4. The molecule has 2 aromatic heterocycles. The normalized spacial score (nSPS) is 13.3. The molecule has 2 aliphatic rings. The van der Waals surface area contributed by atoms with E-state index in [1.807, 2.05) is 36.4 Å². The number of para-hydroxylation sites is 1. The van der Waals surface area contributed by atoms with E-state index in [-0.39, 0.29) is 0 Å². The quantitative estimate of drug-likeness (QED) is 0.186. The molecule has 54 heavy (non-hydrogen) atoms. The summed E-state index contributed by atoms with van der Waals surface area (Å²) in [5.74, 6) is 1.87. The van der Waals surface area contributed by atoms with Crippen LogP contribution < -0.4 is 0 Å². The van der Waals surface area contributed by atoms with Gasteiger partial charge >= 0.3 is 0 Å². The Bertz CT molecular complexity index is 3050. The molecule has 1 spiro atoms. The van der Waals surface area contributed by atoms with Crippen molar-refractivity contribution in [3.8, 4) is 51.0 Å². The lowest BCUT2D eigenvalue weighted by molar-refractivity contribution is 0.775.